The molecule has 0 aliphatic heterocycles. The zero-order valence-corrected chi connectivity index (χ0v) is 10.4. The molecule has 0 aromatic heterocycles. The van der Waals surface area contributed by atoms with E-state index in [0.29, 0.717) is 0 Å². The number of hydrogen-bond donors (Lipinski definition) is 0. The largest absolute Gasteiger partial charge is 0.358 e. The molecule has 0 unspecified atom stereocenters. The van der Waals surface area contributed by atoms with Crippen molar-refractivity contribution < 1.29 is 32.7 Å². The van der Waals surface area contributed by atoms with Crippen LogP contribution in [0.1, 0.15) is 45.4 Å². The quantitative estimate of drug-likeness (QED) is 0.487. The van der Waals surface area contributed by atoms with Crippen LogP contribution in [0.5, 0.6) is 0 Å². The molecule has 0 nitrogen and oxygen atoms in total. The van der Waals surface area contributed by atoms with Crippen LogP contribution < -0.4 is 0 Å². The Hall–Kier alpha value is 1.10. The maximum absolute atomic E-state index is 3.78. The third-order valence-corrected chi connectivity index (χ3v) is 1.35. The molecule has 1 heteroatoms. The van der Waals surface area contributed by atoms with Crippen LogP contribution in [-0.4, -0.2) is 0 Å². The van der Waals surface area contributed by atoms with Crippen LogP contribution in [0.2, 0.25) is 0 Å². The van der Waals surface area contributed by atoms with E-state index in [9.17, 15) is 0 Å². The Morgan fingerprint density at radius 1 is 1.00 bits per heavy atom. The van der Waals surface area contributed by atoms with Crippen molar-refractivity contribution in [3.8, 4) is 0 Å². The molecular formula is C9H20Y-2. The fourth-order valence-corrected chi connectivity index (χ4v) is 0.780. The number of unbranched alkanes of at least 4 members (excludes halogenated alkanes) is 5. The zero-order valence-electron chi connectivity index (χ0n) is 7.53. The van der Waals surface area contributed by atoms with Gasteiger partial charge in [-0.2, -0.15) is 6.42 Å². The summed E-state index contributed by atoms with van der Waals surface area (Å²) in [6.07, 6.45) is 7.98. The topological polar surface area (TPSA) is 0 Å². The molecule has 0 spiro atoms. The summed E-state index contributed by atoms with van der Waals surface area (Å²) in [6.45, 7) is 6.02. The van der Waals surface area contributed by atoms with Crippen LogP contribution in [0.25, 0.3) is 0 Å². The Kier molecular flexibility index (Phi) is 28.6. The van der Waals surface area contributed by atoms with Crippen LogP contribution in [0.15, 0.2) is 0 Å². The molecule has 0 atom stereocenters. The Balaban J connectivity index is -0.000000245. The van der Waals surface area contributed by atoms with Crippen molar-refractivity contribution in [1.29, 1.82) is 0 Å². The summed E-state index contributed by atoms with van der Waals surface area (Å²) in [7, 11) is 0. The first kappa shape index (κ1) is 17.3. The number of hydrogen-bond acceptors (Lipinski definition) is 0. The molecular weight excluding hydrogens is 197 g/mol. The summed E-state index contributed by atoms with van der Waals surface area (Å²) in [5, 5.41) is 0. The molecule has 0 aliphatic carbocycles. The van der Waals surface area contributed by atoms with Gasteiger partial charge in [-0.15, -0.1) is 0 Å². The average Bonchev–Trinajstić information content (AvgIpc) is 1.81. The Bertz CT molecular complexity index is 29.7. The van der Waals surface area contributed by atoms with Gasteiger partial charge in [0.25, 0.3) is 0 Å². The van der Waals surface area contributed by atoms with Gasteiger partial charge in [0.05, 0.1) is 0 Å². The summed E-state index contributed by atoms with van der Waals surface area (Å²) in [6, 6.07) is 0. The van der Waals surface area contributed by atoms with E-state index in [1.54, 1.807) is 0 Å². The van der Waals surface area contributed by atoms with Crippen LogP contribution in [0.4, 0.5) is 0 Å². The SMILES string of the molecule is [CH2-]CCCCCCC.[CH3-].[Y]. The van der Waals surface area contributed by atoms with E-state index >= 15 is 0 Å². The molecule has 0 aromatic rings. The van der Waals surface area contributed by atoms with Gasteiger partial charge in [0.1, 0.15) is 0 Å². The molecule has 10 heavy (non-hydrogen) atoms. The van der Waals surface area contributed by atoms with E-state index < -0.39 is 0 Å². The third kappa shape index (κ3) is 16.0. The minimum Gasteiger partial charge on any atom is -0.358 e. The smallest absolute Gasteiger partial charge is 0 e. The third-order valence-electron chi connectivity index (χ3n) is 1.35. The van der Waals surface area contributed by atoms with Crippen molar-refractivity contribution in [3.05, 3.63) is 14.4 Å². The van der Waals surface area contributed by atoms with Crippen molar-refractivity contribution in [2.45, 2.75) is 45.4 Å². The van der Waals surface area contributed by atoms with Gasteiger partial charge < -0.3 is 14.4 Å². The van der Waals surface area contributed by atoms with Crippen molar-refractivity contribution in [1.82, 2.24) is 0 Å². The summed E-state index contributed by atoms with van der Waals surface area (Å²) in [4.78, 5) is 0. The first-order chi connectivity index (χ1) is 3.91. The van der Waals surface area contributed by atoms with Gasteiger partial charge >= 0.3 is 0 Å². The minimum absolute atomic E-state index is 0. The molecule has 0 aromatic carbocycles. The van der Waals surface area contributed by atoms with Crippen molar-refractivity contribution in [3.63, 3.8) is 0 Å². The Morgan fingerprint density at radius 2 is 1.50 bits per heavy atom. The van der Waals surface area contributed by atoms with E-state index in [4.69, 9.17) is 0 Å². The van der Waals surface area contributed by atoms with Crippen molar-refractivity contribution in [2.24, 2.45) is 0 Å². The average molecular weight is 217 g/mol. The second-order valence-electron chi connectivity index (χ2n) is 2.27. The van der Waals surface area contributed by atoms with E-state index in [1.807, 2.05) is 0 Å². The summed E-state index contributed by atoms with van der Waals surface area (Å²) in [5.74, 6) is 0. The maximum Gasteiger partial charge on any atom is 0 e. The van der Waals surface area contributed by atoms with Gasteiger partial charge in [0, 0.05) is 32.7 Å². The van der Waals surface area contributed by atoms with Gasteiger partial charge in [-0.3, -0.25) is 0 Å². The molecule has 0 bridgehead atoms. The first-order valence-electron chi connectivity index (χ1n) is 3.71. The fourth-order valence-electron chi connectivity index (χ4n) is 0.780. The molecule has 1 radical (unpaired) electrons. The number of rotatable bonds is 5. The molecule has 61 valence electrons. The summed E-state index contributed by atoms with van der Waals surface area (Å²) < 4.78 is 0. The molecule has 0 N–H and O–H groups in total. The van der Waals surface area contributed by atoms with Gasteiger partial charge in [0.2, 0.25) is 0 Å². The standard InChI is InChI=1S/C8H17.CH3.Y/c1-3-5-7-8-6-4-2;;/h1,3-8H2,2H3;1H3;/q2*-1;. The molecule has 0 saturated carbocycles. The van der Waals surface area contributed by atoms with Crippen LogP contribution in [-0.2, 0) is 32.7 Å². The molecule has 0 aliphatic rings. The molecule has 0 heterocycles. The normalized spacial score (nSPS) is 7.80. The van der Waals surface area contributed by atoms with Crippen LogP contribution >= 0.6 is 0 Å². The molecule has 0 amide bonds. The van der Waals surface area contributed by atoms with E-state index in [1.165, 1.54) is 32.1 Å². The fraction of sp³-hybridized carbons (Fsp3) is 0.778. The summed E-state index contributed by atoms with van der Waals surface area (Å²) in [5.41, 5.74) is 0. The van der Waals surface area contributed by atoms with Crippen LogP contribution in [0, 0.1) is 14.4 Å². The predicted molar refractivity (Wildman–Crippen MR) is 45.1 cm³/mol. The van der Waals surface area contributed by atoms with E-state index in [-0.39, 0.29) is 40.1 Å². The van der Waals surface area contributed by atoms with Gasteiger partial charge in [-0.05, 0) is 0 Å². The molecule has 0 rings (SSSR count). The van der Waals surface area contributed by atoms with Crippen LogP contribution in [0.3, 0.4) is 0 Å². The monoisotopic (exact) mass is 217 g/mol. The van der Waals surface area contributed by atoms with Crippen molar-refractivity contribution >= 4 is 0 Å². The minimum atomic E-state index is 0. The predicted octanol–water partition coefficient (Wildman–Crippen LogP) is 3.63. The Morgan fingerprint density at radius 3 is 1.90 bits per heavy atom. The maximum atomic E-state index is 3.78. The zero-order chi connectivity index (χ0) is 6.24. The first-order valence-corrected chi connectivity index (χ1v) is 3.71. The van der Waals surface area contributed by atoms with Gasteiger partial charge in [-0.1, -0.05) is 39.0 Å². The van der Waals surface area contributed by atoms with Gasteiger partial charge in [0.15, 0.2) is 0 Å². The summed E-state index contributed by atoms with van der Waals surface area (Å²) >= 11 is 0. The Labute approximate surface area is 92.0 Å². The molecule has 0 saturated heterocycles. The van der Waals surface area contributed by atoms with Gasteiger partial charge in [-0.25, -0.2) is 0 Å². The van der Waals surface area contributed by atoms with E-state index in [2.05, 4.69) is 13.8 Å². The van der Waals surface area contributed by atoms with Crippen molar-refractivity contribution in [2.75, 3.05) is 0 Å². The second kappa shape index (κ2) is 16.6. The second-order valence-corrected chi connectivity index (χ2v) is 2.27. The van der Waals surface area contributed by atoms with E-state index in [0.717, 1.165) is 6.42 Å². The molecule has 0 fully saturated rings.